The van der Waals surface area contributed by atoms with Gasteiger partial charge in [0.05, 0.1) is 101 Å². The molecule has 5 amide bonds. The Morgan fingerprint density at radius 3 is 1.22 bits per heavy atom. The van der Waals surface area contributed by atoms with Crippen LogP contribution in [0.5, 0.6) is 28.7 Å². The molecule has 0 radical (unpaired) electrons. The Hall–Kier alpha value is -10.1. The highest BCUT2D eigenvalue weighted by Gasteiger charge is 2.31. The number of hydrogen-bond donors (Lipinski definition) is 12. The zero-order valence-corrected chi connectivity index (χ0v) is 86.3. The second kappa shape index (κ2) is 57.5. The largest absolute Gasteiger partial charge is 0.506 e. The van der Waals surface area contributed by atoms with Gasteiger partial charge in [0.15, 0.2) is 11.5 Å². The topological polar surface area (TPSA) is 439 Å². The average molecular weight is 2090 g/mol. The molecule has 0 saturated carbocycles. The molecule has 0 bridgehead atoms. The summed E-state index contributed by atoms with van der Waals surface area (Å²) >= 11 is 35.5. The fourth-order valence-electron chi connectivity index (χ4n) is 13.9. The van der Waals surface area contributed by atoms with Gasteiger partial charge in [-0.2, -0.15) is 0 Å². The Kier molecular flexibility index (Phi) is 48.5. The summed E-state index contributed by atoms with van der Waals surface area (Å²) in [6.07, 6.45) is 18.1. The fraction of sp³-hybridized carbons (Fsp3) is 0.392. The minimum Gasteiger partial charge on any atom is -0.506 e. The van der Waals surface area contributed by atoms with E-state index in [0.717, 1.165) is 54.5 Å². The molecule has 748 valence electrons. The molecule has 40 heteroatoms. The normalized spacial score (nSPS) is 11.5. The van der Waals surface area contributed by atoms with E-state index in [4.69, 9.17) is 88.6 Å². The first-order chi connectivity index (χ1) is 65.0. The summed E-state index contributed by atoms with van der Waals surface area (Å²) in [6.45, 7) is 19.1. The van der Waals surface area contributed by atoms with Crippen molar-refractivity contribution in [2.75, 3.05) is 106 Å². The molecule has 9 aromatic carbocycles. The van der Waals surface area contributed by atoms with E-state index < -0.39 is 75.4 Å². The molecule has 0 aliphatic heterocycles. The number of amides is 5. The van der Waals surface area contributed by atoms with Crippen LogP contribution in [0.15, 0.2) is 171 Å². The standard InChI is InChI=1S/C31H38ClN3O8S.C28H40Cl2N2O5S.C24H33ClN2O4S.C14H12Cl2N2O4S/c1-21-10-11-27(22(2)18-21)43-15-7-12-33-30(37)24-8-5-6-9-28(24)44(39,40)34-23-19-25(29(36)26(32)20-23)31(38)35(13-16-41-3)14-17-42-4;1-2-3-4-5-6-7-8-9-10-13-18-37-19-14-17-31-28(34)23-15-11-12-16-26(23)38(35,36)32-22-20-24(29)27(33)25(30)21-22;1-6-8-9-18(7-2)14-26-24(29)20-11-15(3)10-17(5)23(20)32(30,31)27-19-12-16(4)22(28)21(25)13-19;1-17-14(20)9-4-2-3-5-12(9)23(21,22)18-8-6-10(15)13(19)11(16)7-8/h5-6,8-11,18-20,34,36H,7,12-17H2,1-4H3,(H,33,37);11-12,15-16,20-21,32-33H,2-10,13-14,17-19H2,1H3,(H,31,34);10-13,18,27-28H,6-9,14H2,1-5H3,(H,26,29);2-7,18-19H,1H3,(H,17,20). The van der Waals surface area contributed by atoms with Crippen LogP contribution in [0.2, 0.25) is 30.1 Å². The summed E-state index contributed by atoms with van der Waals surface area (Å²) in [4.78, 5) is 64.6. The number of rotatable bonds is 49. The molecule has 0 fully saturated rings. The van der Waals surface area contributed by atoms with Crippen LogP contribution in [0.4, 0.5) is 22.7 Å². The van der Waals surface area contributed by atoms with Crippen molar-refractivity contribution in [2.45, 2.75) is 178 Å². The van der Waals surface area contributed by atoms with Gasteiger partial charge in [-0.25, -0.2) is 33.7 Å². The van der Waals surface area contributed by atoms with Crippen LogP contribution in [-0.4, -0.2) is 176 Å². The van der Waals surface area contributed by atoms with Gasteiger partial charge in [-0.05, 0) is 186 Å². The number of unbranched alkanes of at least 4 members (excludes halogenated alkanes) is 10. The Morgan fingerprint density at radius 2 is 0.774 bits per heavy atom. The number of methoxy groups -OCH3 is 2. The Labute approximate surface area is 834 Å². The summed E-state index contributed by atoms with van der Waals surface area (Å²) in [5.41, 5.74) is 3.97. The van der Waals surface area contributed by atoms with E-state index in [-0.39, 0.29) is 150 Å². The van der Waals surface area contributed by atoms with Gasteiger partial charge in [-0.15, -0.1) is 0 Å². The number of anilines is 4. The highest BCUT2D eigenvalue weighted by molar-refractivity contribution is 7.93. The van der Waals surface area contributed by atoms with Gasteiger partial charge >= 0.3 is 0 Å². The number of phenolic OH excluding ortho intramolecular Hbond substituents is 4. The second-order valence-electron chi connectivity index (χ2n) is 32.0. The van der Waals surface area contributed by atoms with Crippen LogP contribution in [0, 0.1) is 40.5 Å². The minimum atomic E-state index is -4.33. The zero-order chi connectivity index (χ0) is 101. The number of aryl methyl sites for hydroxylation is 5. The zero-order valence-electron chi connectivity index (χ0n) is 78.5. The van der Waals surface area contributed by atoms with Crippen molar-refractivity contribution in [1.29, 1.82) is 0 Å². The first-order valence-corrected chi connectivity index (χ1v) is 52.7. The maximum atomic E-state index is 13.5. The number of hydrogen-bond acceptors (Lipinski definition) is 21. The number of nitrogens with zero attached hydrogens (tertiary/aromatic N) is 1. The third-order valence-corrected chi connectivity index (χ3v) is 28.7. The van der Waals surface area contributed by atoms with Crippen molar-refractivity contribution in [3.63, 3.8) is 0 Å². The Morgan fingerprint density at radius 1 is 0.380 bits per heavy atom. The van der Waals surface area contributed by atoms with Crippen molar-refractivity contribution < 1.29 is 97.0 Å². The molecule has 0 aliphatic carbocycles. The average Bonchev–Trinajstić information content (AvgIpc) is 0.780. The number of sulfonamides is 4. The van der Waals surface area contributed by atoms with Gasteiger partial charge < -0.3 is 65.5 Å². The molecule has 1 atom stereocenters. The monoisotopic (exact) mass is 2090 g/mol. The van der Waals surface area contributed by atoms with Crippen LogP contribution in [-0.2, 0) is 54.3 Å². The number of carbonyl (C=O) groups excluding carboxylic acids is 5. The van der Waals surface area contributed by atoms with E-state index in [2.05, 4.69) is 60.9 Å². The highest BCUT2D eigenvalue weighted by atomic mass is 35.5. The number of carbonyl (C=O) groups is 5. The van der Waals surface area contributed by atoms with Gasteiger partial charge in [0, 0.05) is 67.2 Å². The number of ether oxygens (including phenoxy) is 4. The van der Waals surface area contributed by atoms with Crippen molar-refractivity contribution >= 4 is 162 Å². The van der Waals surface area contributed by atoms with Crippen LogP contribution < -0.4 is 44.9 Å². The molecule has 9 aromatic rings. The van der Waals surface area contributed by atoms with Crippen LogP contribution in [0.1, 0.15) is 203 Å². The number of phenols is 4. The molecular formula is C97H123Cl6N9O21S4. The molecule has 0 aromatic heterocycles. The van der Waals surface area contributed by atoms with Crippen LogP contribution in [0.3, 0.4) is 0 Å². The highest BCUT2D eigenvalue weighted by Crippen LogP contribution is 2.40. The predicted molar refractivity (Wildman–Crippen MR) is 542 cm³/mol. The third kappa shape index (κ3) is 36.6. The Bertz CT molecular complexity index is 5990. The van der Waals surface area contributed by atoms with E-state index >= 15 is 0 Å². The minimum absolute atomic E-state index is 0.00141. The van der Waals surface area contributed by atoms with Gasteiger partial charge in [-0.1, -0.05) is 228 Å². The fourth-order valence-corrected chi connectivity index (χ4v) is 20.6. The summed E-state index contributed by atoms with van der Waals surface area (Å²) in [5, 5.41) is 49.8. The summed E-state index contributed by atoms with van der Waals surface area (Å²) in [6, 6.07) is 36.7. The van der Waals surface area contributed by atoms with E-state index in [9.17, 15) is 78.1 Å². The lowest BCUT2D eigenvalue weighted by molar-refractivity contribution is 0.0624. The molecule has 30 nitrogen and oxygen atoms in total. The van der Waals surface area contributed by atoms with E-state index in [1.54, 1.807) is 44.2 Å². The summed E-state index contributed by atoms with van der Waals surface area (Å²) in [5.74, 6) is -2.79. The second-order valence-corrected chi connectivity index (χ2v) is 41.1. The summed E-state index contributed by atoms with van der Waals surface area (Å²) in [7, 11) is -12.2. The number of nitrogens with one attached hydrogen (secondary N) is 8. The van der Waals surface area contributed by atoms with Crippen molar-refractivity contribution in [1.82, 2.24) is 26.2 Å². The number of halogens is 6. The molecule has 0 aliphatic rings. The first-order valence-electron chi connectivity index (χ1n) is 44.5. The quantitative estimate of drug-likeness (QED) is 0.0124. The molecule has 9 rings (SSSR count). The number of benzene rings is 9. The van der Waals surface area contributed by atoms with Gasteiger partial charge in [-0.3, -0.25) is 42.9 Å². The lowest BCUT2D eigenvalue weighted by atomic mass is 9.99. The van der Waals surface area contributed by atoms with Crippen molar-refractivity contribution in [3.05, 3.63) is 237 Å². The SMILES string of the molecule is CCCCC(CC)CNC(=O)c1cc(C)cc(C)c1S(=O)(=O)Nc1cc(C)c(O)c(Cl)c1.CCCCCCCCCCCCOCCCNC(=O)c1ccccc1S(=O)(=O)Nc1cc(Cl)c(O)c(Cl)c1.CNC(=O)c1ccccc1S(=O)(=O)Nc1cc(Cl)c(O)c(Cl)c1.COCCN(CCOC)C(=O)c1cc(NS(=O)(=O)c2ccccc2C(=O)NCCCOc2ccc(C)cc2C)cc(Cl)c1O. The van der Waals surface area contributed by atoms with Crippen molar-refractivity contribution in [3.8, 4) is 28.7 Å². The van der Waals surface area contributed by atoms with Gasteiger partial charge in [0.1, 0.15) is 36.8 Å². The van der Waals surface area contributed by atoms with Crippen LogP contribution >= 0.6 is 69.6 Å². The van der Waals surface area contributed by atoms with Crippen molar-refractivity contribution in [2.24, 2.45) is 5.92 Å². The number of aromatic hydroxyl groups is 4. The molecule has 0 heterocycles. The van der Waals surface area contributed by atoms with E-state index in [1.807, 2.05) is 39.0 Å². The lowest BCUT2D eigenvalue weighted by Gasteiger charge is -2.23. The van der Waals surface area contributed by atoms with Gasteiger partial charge in [0.2, 0.25) is 0 Å². The lowest BCUT2D eigenvalue weighted by Crippen LogP contribution is -2.36. The third-order valence-electron chi connectivity index (χ3n) is 21.1. The molecule has 0 spiro atoms. The smallest absolute Gasteiger partial charge is 0.262 e. The molecule has 137 heavy (non-hydrogen) atoms. The molecule has 12 N–H and O–H groups in total. The summed E-state index contributed by atoms with van der Waals surface area (Å²) < 4.78 is 136. The predicted octanol–water partition coefficient (Wildman–Crippen LogP) is 20.5. The Balaban J connectivity index is 0.000000287. The first kappa shape index (κ1) is 116. The molecular weight excluding hydrogens is 1970 g/mol. The van der Waals surface area contributed by atoms with E-state index in [0.29, 0.717) is 62.8 Å². The maximum absolute atomic E-state index is 13.5. The molecule has 0 saturated heterocycles. The van der Waals surface area contributed by atoms with Crippen LogP contribution in [0.25, 0.3) is 0 Å². The van der Waals surface area contributed by atoms with E-state index in [1.165, 1.54) is 187 Å². The maximum Gasteiger partial charge on any atom is 0.262 e. The van der Waals surface area contributed by atoms with Gasteiger partial charge in [0.25, 0.3) is 69.6 Å². The molecule has 1 unspecified atom stereocenters.